The molecule has 0 fully saturated rings. The molecule has 5 heteroatoms. The maximum absolute atomic E-state index is 12.3. The van der Waals surface area contributed by atoms with E-state index < -0.39 is 5.97 Å². The lowest BCUT2D eigenvalue weighted by Gasteiger charge is -2.22. The Kier molecular flexibility index (Phi) is 6.18. The fraction of sp³-hybridized carbons (Fsp3) is 0.467. The van der Waals surface area contributed by atoms with Gasteiger partial charge in [0.15, 0.2) is 0 Å². The predicted molar refractivity (Wildman–Crippen MR) is 77.9 cm³/mol. The number of amides is 1. The summed E-state index contributed by atoms with van der Waals surface area (Å²) in [5.74, 6) is -1.24. The number of aliphatic carboxylic acids is 1. The van der Waals surface area contributed by atoms with Gasteiger partial charge in [0.1, 0.15) is 6.54 Å². The summed E-state index contributed by atoms with van der Waals surface area (Å²) in [4.78, 5) is 26.5. The Morgan fingerprint density at radius 3 is 2.15 bits per heavy atom. The molecule has 1 N–H and O–H groups in total. The highest BCUT2D eigenvalue weighted by Gasteiger charge is 2.18. The first-order chi connectivity index (χ1) is 9.43. The average Bonchev–Trinajstić information content (AvgIpc) is 2.42. The highest BCUT2D eigenvalue weighted by molar-refractivity contribution is 5.95. The van der Waals surface area contributed by atoms with Crippen molar-refractivity contribution in [3.05, 3.63) is 35.4 Å². The summed E-state index contributed by atoms with van der Waals surface area (Å²) in [6.07, 6.45) is 0.911. The smallest absolute Gasteiger partial charge is 0.323 e. The Hall–Kier alpha value is -1.88. The highest BCUT2D eigenvalue weighted by Crippen LogP contribution is 2.08. The predicted octanol–water partition coefficient (Wildman–Crippen LogP) is 1.34. The van der Waals surface area contributed by atoms with E-state index in [-0.39, 0.29) is 12.5 Å². The standard InChI is InChI=1S/C15H22N2O3/c1-4-12-5-7-13(8-6-12)15(20)17(11-14(18)19)10-9-16(2)3/h5-8H,4,9-11H2,1-3H3,(H,18,19). The largest absolute Gasteiger partial charge is 0.480 e. The van der Waals surface area contributed by atoms with Crippen molar-refractivity contribution in [1.29, 1.82) is 0 Å². The van der Waals surface area contributed by atoms with Crippen LogP contribution in [0.3, 0.4) is 0 Å². The number of hydrogen-bond donors (Lipinski definition) is 1. The van der Waals surface area contributed by atoms with E-state index in [1.54, 1.807) is 12.1 Å². The molecule has 0 aromatic heterocycles. The average molecular weight is 278 g/mol. The van der Waals surface area contributed by atoms with Crippen molar-refractivity contribution in [2.45, 2.75) is 13.3 Å². The number of aryl methyl sites for hydroxylation is 1. The monoisotopic (exact) mass is 278 g/mol. The Morgan fingerprint density at radius 1 is 1.10 bits per heavy atom. The number of carbonyl (C=O) groups is 2. The highest BCUT2D eigenvalue weighted by atomic mass is 16.4. The summed E-state index contributed by atoms with van der Waals surface area (Å²) in [6, 6.07) is 7.31. The van der Waals surface area contributed by atoms with Gasteiger partial charge in [0.05, 0.1) is 0 Å². The number of benzene rings is 1. The van der Waals surface area contributed by atoms with Gasteiger partial charge in [-0.1, -0.05) is 19.1 Å². The molecule has 0 heterocycles. The molecule has 0 radical (unpaired) electrons. The number of carbonyl (C=O) groups excluding carboxylic acids is 1. The molecule has 0 spiro atoms. The van der Waals surface area contributed by atoms with Gasteiger partial charge in [0.25, 0.3) is 5.91 Å². The molecule has 1 amide bonds. The summed E-state index contributed by atoms with van der Waals surface area (Å²) in [6.45, 7) is 2.80. The third-order valence-electron chi connectivity index (χ3n) is 3.04. The molecular formula is C15H22N2O3. The zero-order chi connectivity index (χ0) is 15.1. The first-order valence-corrected chi connectivity index (χ1v) is 6.68. The van der Waals surface area contributed by atoms with Crippen LogP contribution in [-0.2, 0) is 11.2 Å². The van der Waals surface area contributed by atoms with Gasteiger partial charge in [-0.3, -0.25) is 9.59 Å². The molecule has 0 aliphatic rings. The van der Waals surface area contributed by atoms with Gasteiger partial charge < -0.3 is 14.9 Å². The third kappa shape index (κ3) is 5.01. The van der Waals surface area contributed by atoms with Crippen molar-refractivity contribution >= 4 is 11.9 Å². The molecule has 1 rings (SSSR count). The summed E-state index contributed by atoms with van der Waals surface area (Å²) in [5, 5.41) is 8.92. The quantitative estimate of drug-likeness (QED) is 0.817. The molecule has 0 bridgehead atoms. The molecule has 20 heavy (non-hydrogen) atoms. The Morgan fingerprint density at radius 2 is 1.70 bits per heavy atom. The van der Waals surface area contributed by atoms with Gasteiger partial charge in [-0.15, -0.1) is 0 Å². The van der Waals surface area contributed by atoms with Crippen molar-refractivity contribution in [2.75, 3.05) is 33.7 Å². The van der Waals surface area contributed by atoms with E-state index in [1.807, 2.05) is 38.1 Å². The van der Waals surface area contributed by atoms with Crippen LogP contribution in [0.4, 0.5) is 0 Å². The Labute approximate surface area is 119 Å². The molecule has 0 atom stereocenters. The number of hydrogen-bond acceptors (Lipinski definition) is 3. The molecule has 0 saturated heterocycles. The van der Waals surface area contributed by atoms with E-state index in [4.69, 9.17) is 5.11 Å². The van der Waals surface area contributed by atoms with Crippen LogP contribution in [0, 0.1) is 0 Å². The Balaban J connectivity index is 2.81. The summed E-state index contributed by atoms with van der Waals surface area (Å²) >= 11 is 0. The van der Waals surface area contributed by atoms with E-state index in [1.165, 1.54) is 4.90 Å². The molecule has 0 aliphatic carbocycles. The third-order valence-corrected chi connectivity index (χ3v) is 3.04. The molecule has 1 aromatic rings. The van der Waals surface area contributed by atoms with E-state index in [0.717, 1.165) is 12.0 Å². The fourth-order valence-corrected chi connectivity index (χ4v) is 1.80. The van der Waals surface area contributed by atoms with Crippen molar-refractivity contribution in [3.8, 4) is 0 Å². The SMILES string of the molecule is CCc1ccc(C(=O)N(CCN(C)C)CC(=O)O)cc1. The second kappa shape index (κ2) is 7.65. The number of carboxylic acids is 1. The van der Waals surface area contributed by atoms with Crippen LogP contribution in [0.1, 0.15) is 22.8 Å². The second-order valence-electron chi connectivity index (χ2n) is 4.97. The summed E-state index contributed by atoms with van der Waals surface area (Å²) in [5.41, 5.74) is 1.68. The maximum Gasteiger partial charge on any atom is 0.323 e. The number of likely N-dealkylation sites (N-methyl/N-ethyl adjacent to an activating group) is 1. The molecule has 110 valence electrons. The zero-order valence-electron chi connectivity index (χ0n) is 12.3. The minimum Gasteiger partial charge on any atom is -0.480 e. The van der Waals surface area contributed by atoms with Crippen LogP contribution in [0.5, 0.6) is 0 Å². The van der Waals surface area contributed by atoms with E-state index >= 15 is 0 Å². The lowest BCUT2D eigenvalue weighted by atomic mass is 10.1. The van der Waals surface area contributed by atoms with Crippen molar-refractivity contribution < 1.29 is 14.7 Å². The molecular weight excluding hydrogens is 256 g/mol. The van der Waals surface area contributed by atoms with Gasteiger partial charge in [-0.25, -0.2) is 0 Å². The van der Waals surface area contributed by atoms with E-state index in [2.05, 4.69) is 0 Å². The Bertz CT molecular complexity index is 455. The first kappa shape index (κ1) is 16.2. The lowest BCUT2D eigenvalue weighted by molar-refractivity contribution is -0.137. The normalized spacial score (nSPS) is 10.6. The van der Waals surface area contributed by atoms with Crippen LogP contribution < -0.4 is 0 Å². The van der Waals surface area contributed by atoms with Crippen LogP contribution in [-0.4, -0.2) is 60.5 Å². The van der Waals surface area contributed by atoms with Crippen LogP contribution in [0.15, 0.2) is 24.3 Å². The lowest BCUT2D eigenvalue weighted by Crippen LogP contribution is -2.40. The molecule has 5 nitrogen and oxygen atoms in total. The topological polar surface area (TPSA) is 60.9 Å². The fourth-order valence-electron chi connectivity index (χ4n) is 1.80. The maximum atomic E-state index is 12.3. The minimum absolute atomic E-state index is 0.239. The van der Waals surface area contributed by atoms with E-state index in [9.17, 15) is 9.59 Å². The first-order valence-electron chi connectivity index (χ1n) is 6.68. The second-order valence-corrected chi connectivity index (χ2v) is 4.97. The van der Waals surface area contributed by atoms with Crippen molar-refractivity contribution in [2.24, 2.45) is 0 Å². The van der Waals surface area contributed by atoms with Gasteiger partial charge in [-0.05, 0) is 38.2 Å². The van der Waals surface area contributed by atoms with Crippen LogP contribution in [0.25, 0.3) is 0 Å². The summed E-state index contributed by atoms with van der Waals surface area (Å²) in [7, 11) is 3.78. The number of nitrogens with zero attached hydrogens (tertiary/aromatic N) is 2. The minimum atomic E-state index is -0.998. The van der Waals surface area contributed by atoms with Crippen molar-refractivity contribution in [3.63, 3.8) is 0 Å². The molecule has 0 saturated carbocycles. The molecule has 0 unspecified atom stereocenters. The van der Waals surface area contributed by atoms with E-state index in [0.29, 0.717) is 18.7 Å². The van der Waals surface area contributed by atoms with Gasteiger partial charge in [-0.2, -0.15) is 0 Å². The molecule has 0 aliphatic heterocycles. The van der Waals surface area contributed by atoms with Gasteiger partial charge in [0, 0.05) is 18.7 Å². The van der Waals surface area contributed by atoms with Gasteiger partial charge >= 0.3 is 5.97 Å². The number of rotatable bonds is 7. The number of carboxylic acid groups (broad SMARTS) is 1. The van der Waals surface area contributed by atoms with Crippen LogP contribution in [0.2, 0.25) is 0 Å². The summed E-state index contributed by atoms with van der Waals surface area (Å²) < 4.78 is 0. The van der Waals surface area contributed by atoms with Crippen LogP contribution >= 0.6 is 0 Å². The van der Waals surface area contributed by atoms with Crippen molar-refractivity contribution in [1.82, 2.24) is 9.80 Å². The molecule has 1 aromatic carbocycles. The zero-order valence-corrected chi connectivity index (χ0v) is 12.3. The van der Waals surface area contributed by atoms with Gasteiger partial charge in [0.2, 0.25) is 0 Å².